The van der Waals surface area contributed by atoms with E-state index in [-0.39, 0.29) is 0 Å². The summed E-state index contributed by atoms with van der Waals surface area (Å²) in [6.07, 6.45) is 2.06. The van der Waals surface area contributed by atoms with E-state index in [1.807, 2.05) is 6.07 Å². The molecule has 5 rings (SSSR count). The molecule has 0 amide bonds. The number of hydrogen-bond acceptors (Lipinski definition) is 3. The third kappa shape index (κ3) is 3.45. The highest BCUT2D eigenvalue weighted by Gasteiger charge is 2.25. The fourth-order valence-electron chi connectivity index (χ4n) is 4.38. The molecule has 3 nitrogen and oxygen atoms in total. The van der Waals surface area contributed by atoms with E-state index in [0.29, 0.717) is 5.92 Å². The zero-order valence-corrected chi connectivity index (χ0v) is 20.3. The van der Waals surface area contributed by atoms with Crippen molar-refractivity contribution in [3.05, 3.63) is 78.6 Å². The van der Waals surface area contributed by atoms with Gasteiger partial charge in [0, 0.05) is 28.2 Å². The van der Waals surface area contributed by atoms with Crippen LogP contribution in [0.15, 0.2) is 77.3 Å². The second-order valence-electron chi connectivity index (χ2n) is 9.73. The van der Waals surface area contributed by atoms with Gasteiger partial charge in [-0.05, 0) is 22.7 Å². The van der Waals surface area contributed by atoms with E-state index in [1.165, 1.54) is 5.19 Å². The summed E-state index contributed by atoms with van der Waals surface area (Å²) in [4.78, 5) is 9.90. The van der Waals surface area contributed by atoms with Crippen molar-refractivity contribution in [3.63, 3.8) is 0 Å². The molecule has 2 heterocycles. The highest BCUT2D eigenvalue weighted by molar-refractivity contribution is 6.89. The van der Waals surface area contributed by atoms with Crippen LogP contribution in [-0.4, -0.2) is 18.0 Å². The van der Waals surface area contributed by atoms with Gasteiger partial charge in [0.25, 0.3) is 0 Å². The Bertz CT molecular complexity index is 1430. The average molecular weight is 437 g/mol. The Morgan fingerprint density at radius 1 is 0.750 bits per heavy atom. The SMILES string of the molecule is CC(C)c1nc(-c2cccc3c2oc2c(-c4ccccc4)cccc23)ncc1[Si](C)(C)C. The van der Waals surface area contributed by atoms with Crippen molar-refractivity contribution < 1.29 is 4.42 Å². The quantitative estimate of drug-likeness (QED) is 0.276. The first kappa shape index (κ1) is 20.6. The third-order valence-electron chi connectivity index (χ3n) is 6.02. The van der Waals surface area contributed by atoms with Gasteiger partial charge >= 0.3 is 0 Å². The van der Waals surface area contributed by atoms with E-state index in [9.17, 15) is 0 Å². The lowest BCUT2D eigenvalue weighted by Crippen LogP contribution is -2.41. The van der Waals surface area contributed by atoms with Crippen molar-refractivity contribution in [2.24, 2.45) is 0 Å². The second-order valence-corrected chi connectivity index (χ2v) is 14.8. The number of fused-ring (bicyclic) bond motifs is 3. The largest absolute Gasteiger partial charge is 0.455 e. The maximum Gasteiger partial charge on any atom is 0.163 e. The lowest BCUT2D eigenvalue weighted by molar-refractivity contribution is 0.670. The molecule has 0 fully saturated rings. The molecule has 0 aliphatic carbocycles. The van der Waals surface area contributed by atoms with E-state index in [0.717, 1.165) is 50.1 Å². The number of rotatable bonds is 4. The third-order valence-corrected chi connectivity index (χ3v) is 8.02. The van der Waals surface area contributed by atoms with Gasteiger partial charge in [-0.15, -0.1) is 0 Å². The monoisotopic (exact) mass is 436 g/mol. The summed E-state index contributed by atoms with van der Waals surface area (Å²) < 4.78 is 6.55. The lowest BCUT2D eigenvalue weighted by atomic mass is 10.0. The van der Waals surface area contributed by atoms with E-state index in [2.05, 4.69) is 100 Å². The molecule has 3 aromatic carbocycles. The van der Waals surface area contributed by atoms with Gasteiger partial charge < -0.3 is 4.42 Å². The molecule has 5 aromatic rings. The molecule has 2 aromatic heterocycles. The summed E-state index contributed by atoms with van der Waals surface area (Å²) in [7, 11) is -1.54. The van der Waals surface area contributed by atoms with Crippen LogP contribution in [0.25, 0.3) is 44.5 Å². The number of para-hydroxylation sites is 2. The summed E-state index contributed by atoms with van der Waals surface area (Å²) in [5.41, 5.74) is 6.11. The molecule has 0 saturated carbocycles. The molecule has 0 saturated heterocycles. The molecule has 0 N–H and O–H groups in total. The topological polar surface area (TPSA) is 38.9 Å². The minimum atomic E-state index is -1.54. The Labute approximate surface area is 190 Å². The average Bonchev–Trinajstić information content (AvgIpc) is 3.17. The summed E-state index contributed by atoms with van der Waals surface area (Å²) in [6, 6.07) is 23.0. The smallest absolute Gasteiger partial charge is 0.163 e. The maximum absolute atomic E-state index is 6.55. The number of nitrogens with zero attached hydrogens (tertiary/aromatic N) is 2. The van der Waals surface area contributed by atoms with Gasteiger partial charge in [-0.25, -0.2) is 9.97 Å². The van der Waals surface area contributed by atoms with Crippen molar-refractivity contribution in [3.8, 4) is 22.5 Å². The number of furan rings is 1. The van der Waals surface area contributed by atoms with E-state index < -0.39 is 8.07 Å². The van der Waals surface area contributed by atoms with E-state index in [4.69, 9.17) is 14.4 Å². The Morgan fingerprint density at radius 3 is 2.00 bits per heavy atom. The van der Waals surface area contributed by atoms with Crippen LogP contribution in [0.1, 0.15) is 25.5 Å². The van der Waals surface area contributed by atoms with E-state index >= 15 is 0 Å². The van der Waals surface area contributed by atoms with Crippen LogP contribution >= 0.6 is 0 Å². The summed E-state index contributed by atoms with van der Waals surface area (Å²) in [5, 5.41) is 3.55. The van der Waals surface area contributed by atoms with Gasteiger partial charge in [0.1, 0.15) is 11.2 Å². The van der Waals surface area contributed by atoms with Gasteiger partial charge in [-0.2, -0.15) is 0 Å². The first-order valence-corrected chi connectivity index (χ1v) is 14.7. The van der Waals surface area contributed by atoms with Crippen molar-refractivity contribution in [2.75, 3.05) is 0 Å². The Kier molecular flexibility index (Phi) is 4.98. The van der Waals surface area contributed by atoms with Gasteiger partial charge in [0.2, 0.25) is 0 Å². The standard InChI is InChI=1S/C28H28N2OSi/c1-18(2)25-24(32(3,4)5)17-29-28(30-25)23-16-10-15-22-21-14-9-13-20(26(21)31-27(22)23)19-11-7-6-8-12-19/h6-18H,1-5H3. The van der Waals surface area contributed by atoms with Gasteiger partial charge in [-0.1, -0.05) is 94.2 Å². The Balaban J connectivity index is 1.76. The molecule has 0 bridgehead atoms. The van der Waals surface area contributed by atoms with Crippen LogP contribution in [0, 0.1) is 0 Å². The maximum atomic E-state index is 6.55. The molecule has 160 valence electrons. The zero-order chi connectivity index (χ0) is 22.5. The van der Waals surface area contributed by atoms with Crippen molar-refractivity contribution in [1.29, 1.82) is 0 Å². The lowest BCUT2D eigenvalue weighted by Gasteiger charge is -2.22. The van der Waals surface area contributed by atoms with Crippen LogP contribution in [0.3, 0.4) is 0 Å². The second kappa shape index (κ2) is 7.71. The number of hydrogen-bond donors (Lipinski definition) is 0. The summed E-state index contributed by atoms with van der Waals surface area (Å²) in [5.74, 6) is 1.08. The van der Waals surface area contributed by atoms with Crippen LogP contribution < -0.4 is 5.19 Å². The number of aromatic nitrogens is 2. The minimum absolute atomic E-state index is 0.345. The van der Waals surface area contributed by atoms with Crippen LogP contribution in [0.4, 0.5) is 0 Å². The van der Waals surface area contributed by atoms with Crippen molar-refractivity contribution >= 4 is 35.2 Å². The molecular weight excluding hydrogens is 408 g/mol. The molecule has 0 radical (unpaired) electrons. The van der Waals surface area contributed by atoms with Gasteiger partial charge in [-0.3, -0.25) is 0 Å². The molecule has 0 aliphatic heterocycles. The van der Waals surface area contributed by atoms with Crippen LogP contribution in [0.2, 0.25) is 19.6 Å². The normalized spacial score (nSPS) is 12.2. The highest BCUT2D eigenvalue weighted by atomic mass is 28.3. The number of benzene rings is 3. The van der Waals surface area contributed by atoms with E-state index in [1.54, 1.807) is 0 Å². The van der Waals surface area contributed by atoms with Crippen LogP contribution in [0.5, 0.6) is 0 Å². The molecule has 0 unspecified atom stereocenters. The first-order chi connectivity index (χ1) is 15.3. The fourth-order valence-corrected chi connectivity index (χ4v) is 5.95. The van der Waals surface area contributed by atoms with Crippen molar-refractivity contribution in [2.45, 2.75) is 39.4 Å². The summed E-state index contributed by atoms with van der Waals surface area (Å²) in [6.45, 7) is 11.5. The first-order valence-electron chi connectivity index (χ1n) is 11.2. The van der Waals surface area contributed by atoms with Gasteiger partial charge in [0.05, 0.1) is 13.6 Å². The van der Waals surface area contributed by atoms with Crippen LogP contribution in [-0.2, 0) is 0 Å². The predicted molar refractivity (Wildman–Crippen MR) is 137 cm³/mol. The Hall–Kier alpha value is -3.24. The molecule has 4 heteroatoms. The molecule has 0 aliphatic rings. The molecular formula is C28H28N2OSi. The highest BCUT2D eigenvalue weighted by Crippen LogP contribution is 2.39. The molecule has 0 spiro atoms. The van der Waals surface area contributed by atoms with Gasteiger partial charge in [0.15, 0.2) is 5.82 Å². The summed E-state index contributed by atoms with van der Waals surface area (Å²) >= 11 is 0. The fraction of sp³-hybridized carbons (Fsp3) is 0.214. The Morgan fingerprint density at radius 2 is 1.38 bits per heavy atom. The van der Waals surface area contributed by atoms with Crippen molar-refractivity contribution in [1.82, 2.24) is 9.97 Å². The molecule has 32 heavy (non-hydrogen) atoms. The minimum Gasteiger partial charge on any atom is -0.455 e. The molecule has 0 atom stereocenters. The predicted octanol–water partition coefficient (Wildman–Crippen LogP) is 7.38. The zero-order valence-electron chi connectivity index (χ0n) is 19.3.